The van der Waals surface area contributed by atoms with Crippen LogP contribution in [0.25, 0.3) is 5.57 Å². The van der Waals surface area contributed by atoms with E-state index < -0.39 is 0 Å². The zero-order chi connectivity index (χ0) is 19.2. The second-order valence-corrected chi connectivity index (χ2v) is 7.42. The Kier molecular flexibility index (Phi) is 6.54. The van der Waals surface area contributed by atoms with Crippen molar-refractivity contribution in [1.29, 1.82) is 0 Å². The lowest BCUT2D eigenvalue weighted by Crippen LogP contribution is -2.44. The SMILES string of the molecule is C/C(=C/C(=O)NCc1ccc(Cl)cc1)c1ccccc1N1CCN(C)CC1. The van der Waals surface area contributed by atoms with E-state index in [1.165, 1.54) is 5.69 Å². The highest BCUT2D eigenvalue weighted by Crippen LogP contribution is 2.27. The molecule has 2 aromatic rings. The fraction of sp³-hybridized carbons (Fsp3) is 0.318. The molecule has 5 heteroatoms. The highest BCUT2D eigenvalue weighted by molar-refractivity contribution is 6.30. The smallest absolute Gasteiger partial charge is 0.244 e. The molecule has 0 saturated carbocycles. The van der Waals surface area contributed by atoms with Crippen molar-refractivity contribution < 1.29 is 4.79 Å². The van der Waals surface area contributed by atoms with E-state index in [2.05, 4.69) is 40.4 Å². The van der Waals surface area contributed by atoms with Gasteiger partial charge in [0.15, 0.2) is 0 Å². The predicted octanol–water partition coefficient (Wildman–Crippen LogP) is 3.81. The maximum absolute atomic E-state index is 12.4. The number of amides is 1. The van der Waals surface area contributed by atoms with E-state index in [1.807, 2.05) is 37.3 Å². The van der Waals surface area contributed by atoms with E-state index in [0.29, 0.717) is 11.6 Å². The monoisotopic (exact) mass is 383 g/mol. The van der Waals surface area contributed by atoms with Crippen molar-refractivity contribution in [3.05, 3.63) is 70.8 Å². The van der Waals surface area contributed by atoms with E-state index in [4.69, 9.17) is 11.6 Å². The first-order valence-electron chi connectivity index (χ1n) is 9.26. The number of carbonyl (C=O) groups excluding carboxylic acids is 1. The maximum atomic E-state index is 12.4. The number of para-hydroxylation sites is 1. The van der Waals surface area contributed by atoms with Crippen molar-refractivity contribution >= 4 is 28.8 Å². The topological polar surface area (TPSA) is 35.6 Å². The number of carbonyl (C=O) groups is 1. The molecule has 1 aliphatic rings. The first-order valence-corrected chi connectivity index (χ1v) is 9.64. The summed E-state index contributed by atoms with van der Waals surface area (Å²) in [4.78, 5) is 17.1. The molecule has 0 bridgehead atoms. The van der Waals surface area contributed by atoms with Gasteiger partial charge in [0.1, 0.15) is 0 Å². The number of halogens is 1. The van der Waals surface area contributed by atoms with Gasteiger partial charge in [0.2, 0.25) is 5.91 Å². The van der Waals surface area contributed by atoms with Crippen LogP contribution in [0.2, 0.25) is 5.02 Å². The Morgan fingerprint density at radius 1 is 1.07 bits per heavy atom. The van der Waals surface area contributed by atoms with Gasteiger partial charge in [0, 0.05) is 55.1 Å². The standard InChI is InChI=1S/C22H26ClN3O/c1-17(15-22(27)24-16-18-7-9-19(23)10-8-18)20-5-3-4-6-21(20)26-13-11-25(2)12-14-26/h3-10,15H,11-14,16H2,1-2H3,(H,24,27)/b17-15-. The lowest BCUT2D eigenvalue weighted by molar-refractivity contribution is -0.116. The number of likely N-dealkylation sites (N-methyl/N-ethyl adjacent to an activating group) is 1. The third-order valence-electron chi connectivity index (χ3n) is 4.90. The van der Waals surface area contributed by atoms with Crippen molar-refractivity contribution in [2.75, 3.05) is 38.1 Å². The minimum Gasteiger partial charge on any atom is -0.368 e. The minimum absolute atomic E-state index is 0.0874. The zero-order valence-corrected chi connectivity index (χ0v) is 16.7. The van der Waals surface area contributed by atoms with Crippen LogP contribution in [0.3, 0.4) is 0 Å². The Bertz CT molecular complexity index is 809. The molecule has 1 saturated heterocycles. The number of nitrogens with one attached hydrogen (secondary N) is 1. The predicted molar refractivity (Wildman–Crippen MR) is 113 cm³/mol. The molecule has 0 unspecified atom stereocenters. The van der Waals surface area contributed by atoms with Gasteiger partial charge in [-0.2, -0.15) is 0 Å². The van der Waals surface area contributed by atoms with Crippen LogP contribution >= 0.6 is 11.6 Å². The Morgan fingerprint density at radius 3 is 2.44 bits per heavy atom. The number of hydrogen-bond acceptors (Lipinski definition) is 3. The normalized spacial score (nSPS) is 15.7. The van der Waals surface area contributed by atoms with Crippen LogP contribution in [0.4, 0.5) is 5.69 Å². The van der Waals surface area contributed by atoms with Crippen molar-refractivity contribution in [2.24, 2.45) is 0 Å². The fourth-order valence-electron chi connectivity index (χ4n) is 3.25. The van der Waals surface area contributed by atoms with Crippen LogP contribution in [0.15, 0.2) is 54.6 Å². The van der Waals surface area contributed by atoms with Crippen LogP contribution in [0.1, 0.15) is 18.1 Å². The summed E-state index contributed by atoms with van der Waals surface area (Å²) in [6.07, 6.45) is 1.69. The lowest BCUT2D eigenvalue weighted by atomic mass is 10.0. The molecule has 0 atom stereocenters. The summed E-state index contributed by atoms with van der Waals surface area (Å²) in [6.45, 7) is 6.60. The molecule has 142 valence electrons. The van der Waals surface area contributed by atoms with Crippen molar-refractivity contribution in [3.63, 3.8) is 0 Å². The summed E-state index contributed by atoms with van der Waals surface area (Å²) in [5.41, 5.74) is 4.31. The highest BCUT2D eigenvalue weighted by atomic mass is 35.5. The summed E-state index contributed by atoms with van der Waals surface area (Å²) < 4.78 is 0. The summed E-state index contributed by atoms with van der Waals surface area (Å²) in [6, 6.07) is 15.8. The first kappa shape index (κ1) is 19.5. The molecule has 0 aliphatic carbocycles. The van der Waals surface area contributed by atoms with Gasteiger partial charge in [-0.3, -0.25) is 4.79 Å². The van der Waals surface area contributed by atoms with Gasteiger partial charge in [0.05, 0.1) is 0 Å². The molecule has 0 radical (unpaired) electrons. The van der Waals surface area contributed by atoms with E-state index in [9.17, 15) is 4.79 Å². The summed E-state index contributed by atoms with van der Waals surface area (Å²) >= 11 is 5.89. The number of nitrogens with zero attached hydrogens (tertiary/aromatic N) is 2. The molecule has 27 heavy (non-hydrogen) atoms. The van der Waals surface area contributed by atoms with Gasteiger partial charge in [-0.25, -0.2) is 0 Å². The number of allylic oxidation sites excluding steroid dienone is 1. The molecule has 0 spiro atoms. The highest BCUT2D eigenvalue weighted by Gasteiger charge is 2.17. The third kappa shape index (κ3) is 5.34. The maximum Gasteiger partial charge on any atom is 0.244 e. The number of benzene rings is 2. The van der Waals surface area contributed by atoms with Crippen molar-refractivity contribution in [2.45, 2.75) is 13.5 Å². The Labute approximate surface area is 166 Å². The second-order valence-electron chi connectivity index (χ2n) is 6.98. The molecular formula is C22H26ClN3O. The Hall–Kier alpha value is -2.30. The third-order valence-corrected chi connectivity index (χ3v) is 5.15. The lowest BCUT2D eigenvalue weighted by Gasteiger charge is -2.35. The summed E-state index contributed by atoms with van der Waals surface area (Å²) in [5.74, 6) is -0.0874. The van der Waals surface area contributed by atoms with E-state index in [-0.39, 0.29) is 5.91 Å². The van der Waals surface area contributed by atoms with Gasteiger partial charge in [-0.15, -0.1) is 0 Å². The molecule has 1 aliphatic heterocycles. The van der Waals surface area contributed by atoms with Crippen LogP contribution in [0, 0.1) is 0 Å². The van der Waals surface area contributed by atoms with E-state index in [1.54, 1.807) is 6.08 Å². The largest absolute Gasteiger partial charge is 0.368 e. The molecular weight excluding hydrogens is 358 g/mol. The van der Waals surface area contributed by atoms with Crippen LogP contribution < -0.4 is 10.2 Å². The van der Waals surface area contributed by atoms with Gasteiger partial charge in [-0.05, 0) is 43.3 Å². The van der Waals surface area contributed by atoms with Crippen molar-refractivity contribution in [3.8, 4) is 0 Å². The number of anilines is 1. The second kappa shape index (κ2) is 9.07. The van der Waals surface area contributed by atoms with Gasteiger partial charge in [0.25, 0.3) is 0 Å². The average Bonchev–Trinajstić information content (AvgIpc) is 2.68. The van der Waals surface area contributed by atoms with Crippen LogP contribution in [0.5, 0.6) is 0 Å². The average molecular weight is 384 g/mol. The molecule has 1 amide bonds. The quantitative estimate of drug-likeness (QED) is 0.797. The molecule has 4 nitrogen and oxygen atoms in total. The Morgan fingerprint density at radius 2 is 1.74 bits per heavy atom. The minimum atomic E-state index is -0.0874. The molecule has 0 aromatic heterocycles. The fourth-order valence-corrected chi connectivity index (χ4v) is 3.37. The van der Waals surface area contributed by atoms with E-state index >= 15 is 0 Å². The molecule has 1 fully saturated rings. The Balaban J connectivity index is 1.68. The van der Waals surface area contributed by atoms with Gasteiger partial charge >= 0.3 is 0 Å². The zero-order valence-electron chi connectivity index (χ0n) is 15.9. The molecule has 1 heterocycles. The molecule has 2 aromatic carbocycles. The van der Waals surface area contributed by atoms with Crippen LogP contribution in [-0.4, -0.2) is 44.0 Å². The van der Waals surface area contributed by atoms with E-state index in [0.717, 1.165) is 42.9 Å². The van der Waals surface area contributed by atoms with Crippen LogP contribution in [-0.2, 0) is 11.3 Å². The summed E-state index contributed by atoms with van der Waals surface area (Å²) in [5, 5.41) is 3.64. The number of hydrogen-bond donors (Lipinski definition) is 1. The van der Waals surface area contributed by atoms with Gasteiger partial charge < -0.3 is 15.1 Å². The van der Waals surface area contributed by atoms with Gasteiger partial charge in [-0.1, -0.05) is 41.9 Å². The molecule has 1 N–H and O–H groups in total. The molecule has 3 rings (SSSR count). The number of piperazine rings is 1. The summed E-state index contributed by atoms with van der Waals surface area (Å²) in [7, 11) is 2.15. The number of rotatable bonds is 5. The first-order chi connectivity index (χ1) is 13.0. The van der Waals surface area contributed by atoms with Crippen molar-refractivity contribution in [1.82, 2.24) is 10.2 Å².